The van der Waals surface area contributed by atoms with Crippen LogP contribution in [0.2, 0.25) is 0 Å². The van der Waals surface area contributed by atoms with Crippen molar-refractivity contribution in [3.8, 4) is 5.75 Å². The van der Waals surface area contributed by atoms with Gasteiger partial charge in [-0.05, 0) is 36.8 Å². The summed E-state index contributed by atoms with van der Waals surface area (Å²) >= 11 is 0. The Labute approximate surface area is 164 Å². The van der Waals surface area contributed by atoms with Crippen molar-refractivity contribution in [3.63, 3.8) is 0 Å². The molecular weight excluding hydrogens is 332 g/mol. The topological polar surface area (TPSA) is 30.3 Å². The standard InChI is InChI=1S/C24H34N2O/c1-19-18-26(3)20(2)16-24(19,22-8-6-5-7-9-22)14-15-25-17-21-10-12-23(27-4)13-11-21/h5-13,19-20,25H,14-18H2,1-4H3/p+2/t19-,20-,24-/m1/s1. The van der Waals surface area contributed by atoms with Gasteiger partial charge in [-0.15, -0.1) is 0 Å². The predicted molar refractivity (Wildman–Crippen MR) is 111 cm³/mol. The van der Waals surface area contributed by atoms with Gasteiger partial charge in [0.25, 0.3) is 0 Å². The number of piperidine rings is 1. The van der Waals surface area contributed by atoms with E-state index in [2.05, 4.69) is 80.8 Å². The van der Waals surface area contributed by atoms with E-state index in [4.69, 9.17) is 4.74 Å². The monoisotopic (exact) mass is 368 g/mol. The zero-order valence-corrected chi connectivity index (χ0v) is 17.4. The molecule has 0 amide bonds. The Kier molecular flexibility index (Phi) is 6.56. The lowest BCUT2D eigenvalue weighted by atomic mass is 9.63. The Bertz CT molecular complexity index is 700. The number of nitrogens with two attached hydrogens (primary N) is 1. The summed E-state index contributed by atoms with van der Waals surface area (Å²) in [6.07, 6.45) is 2.52. The number of quaternary nitrogens is 2. The van der Waals surface area contributed by atoms with Crippen molar-refractivity contribution in [2.75, 3.05) is 27.2 Å². The van der Waals surface area contributed by atoms with Gasteiger partial charge in [-0.1, -0.05) is 37.3 Å². The fraction of sp³-hybridized carbons (Fsp3) is 0.500. The van der Waals surface area contributed by atoms with Crippen molar-refractivity contribution >= 4 is 0 Å². The molecule has 0 spiro atoms. The second kappa shape index (κ2) is 8.90. The minimum Gasteiger partial charge on any atom is -0.497 e. The molecule has 3 nitrogen and oxygen atoms in total. The number of nitrogens with one attached hydrogen (secondary N) is 1. The number of hydrogen-bond donors (Lipinski definition) is 2. The molecule has 1 aliphatic rings. The van der Waals surface area contributed by atoms with E-state index in [0.717, 1.165) is 18.8 Å². The number of benzene rings is 2. The van der Waals surface area contributed by atoms with Crippen LogP contribution in [0.1, 0.15) is 37.8 Å². The largest absolute Gasteiger partial charge is 0.497 e. The van der Waals surface area contributed by atoms with E-state index < -0.39 is 0 Å². The van der Waals surface area contributed by atoms with E-state index in [1.54, 1.807) is 12.0 Å². The first-order valence-electron chi connectivity index (χ1n) is 10.4. The Morgan fingerprint density at radius 3 is 2.44 bits per heavy atom. The first-order valence-corrected chi connectivity index (χ1v) is 10.4. The summed E-state index contributed by atoms with van der Waals surface area (Å²) in [6, 6.07) is 20.4. The SMILES string of the molecule is COc1ccc(C[NH2+]CC[C@@]2(c3ccccc3)C[C@@H](C)[NH+](C)C[C@H]2C)cc1. The zero-order valence-electron chi connectivity index (χ0n) is 17.4. The van der Waals surface area contributed by atoms with Crippen LogP contribution in [0.25, 0.3) is 0 Å². The summed E-state index contributed by atoms with van der Waals surface area (Å²) in [5.74, 6) is 1.63. The van der Waals surface area contributed by atoms with Crippen LogP contribution in [-0.4, -0.2) is 33.3 Å². The molecule has 2 aromatic rings. The third kappa shape index (κ3) is 4.53. The average Bonchev–Trinajstić information content (AvgIpc) is 2.70. The average molecular weight is 369 g/mol. The van der Waals surface area contributed by atoms with E-state index >= 15 is 0 Å². The highest BCUT2D eigenvalue weighted by Gasteiger charge is 2.46. The molecule has 0 saturated carbocycles. The lowest BCUT2D eigenvalue weighted by molar-refractivity contribution is -0.915. The Morgan fingerprint density at radius 2 is 1.78 bits per heavy atom. The van der Waals surface area contributed by atoms with Crippen LogP contribution in [0.3, 0.4) is 0 Å². The molecule has 1 fully saturated rings. The molecule has 0 aliphatic carbocycles. The second-order valence-corrected chi connectivity index (χ2v) is 8.46. The zero-order chi connectivity index (χ0) is 19.3. The van der Waals surface area contributed by atoms with Crippen LogP contribution in [0.15, 0.2) is 54.6 Å². The molecule has 3 N–H and O–H groups in total. The molecule has 4 atom stereocenters. The van der Waals surface area contributed by atoms with Gasteiger partial charge in [0.05, 0.1) is 33.3 Å². The van der Waals surface area contributed by atoms with Crippen LogP contribution in [0.5, 0.6) is 5.75 Å². The lowest BCUT2D eigenvalue weighted by Gasteiger charge is -2.47. The number of hydrogen-bond acceptors (Lipinski definition) is 1. The van der Waals surface area contributed by atoms with E-state index in [-0.39, 0.29) is 0 Å². The maximum Gasteiger partial charge on any atom is 0.118 e. The summed E-state index contributed by atoms with van der Waals surface area (Å²) in [5.41, 5.74) is 3.20. The van der Waals surface area contributed by atoms with Gasteiger partial charge in [-0.3, -0.25) is 0 Å². The van der Waals surface area contributed by atoms with Crippen LogP contribution in [0.4, 0.5) is 0 Å². The molecule has 0 aromatic heterocycles. The van der Waals surface area contributed by atoms with E-state index in [1.807, 2.05) is 0 Å². The van der Waals surface area contributed by atoms with Crippen molar-refractivity contribution in [3.05, 3.63) is 65.7 Å². The van der Waals surface area contributed by atoms with Gasteiger partial charge in [0, 0.05) is 29.7 Å². The van der Waals surface area contributed by atoms with Gasteiger partial charge < -0.3 is 15.0 Å². The molecule has 27 heavy (non-hydrogen) atoms. The summed E-state index contributed by atoms with van der Waals surface area (Å²) < 4.78 is 5.25. The maximum absolute atomic E-state index is 5.25. The van der Waals surface area contributed by atoms with Gasteiger partial charge in [0.15, 0.2) is 0 Å². The molecule has 146 valence electrons. The van der Waals surface area contributed by atoms with Gasteiger partial charge in [-0.2, -0.15) is 0 Å². The molecule has 1 aliphatic heterocycles. The summed E-state index contributed by atoms with van der Waals surface area (Å²) in [5, 5.41) is 2.47. The van der Waals surface area contributed by atoms with Crippen molar-refractivity contribution in [1.29, 1.82) is 0 Å². The van der Waals surface area contributed by atoms with E-state index in [1.165, 1.54) is 30.5 Å². The first kappa shape index (κ1) is 19.9. The molecule has 3 heteroatoms. The van der Waals surface area contributed by atoms with Gasteiger partial charge in [0.1, 0.15) is 12.3 Å². The van der Waals surface area contributed by atoms with Crippen molar-refractivity contribution in [2.24, 2.45) is 5.92 Å². The highest BCUT2D eigenvalue weighted by Crippen LogP contribution is 2.40. The molecular formula is C24H36N2O+2. The third-order valence-corrected chi connectivity index (χ3v) is 6.77. The van der Waals surface area contributed by atoms with Crippen molar-refractivity contribution in [2.45, 2.75) is 44.7 Å². The molecule has 1 unspecified atom stereocenters. The molecule has 2 aromatic carbocycles. The Balaban J connectivity index is 1.67. The van der Waals surface area contributed by atoms with Gasteiger partial charge >= 0.3 is 0 Å². The number of rotatable bonds is 7. The summed E-state index contributed by atoms with van der Waals surface area (Å²) in [4.78, 5) is 1.68. The first-order chi connectivity index (χ1) is 13.0. The fourth-order valence-electron chi connectivity index (χ4n) is 4.86. The summed E-state index contributed by atoms with van der Waals surface area (Å²) in [7, 11) is 4.07. The molecule has 1 heterocycles. The van der Waals surface area contributed by atoms with E-state index in [0.29, 0.717) is 17.4 Å². The predicted octanol–water partition coefficient (Wildman–Crippen LogP) is 2.03. The molecule has 0 radical (unpaired) electrons. The second-order valence-electron chi connectivity index (χ2n) is 8.46. The van der Waals surface area contributed by atoms with Crippen LogP contribution in [0, 0.1) is 5.92 Å². The smallest absolute Gasteiger partial charge is 0.118 e. The Hall–Kier alpha value is -1.84. The van der Waals surface area contributed by atoms with Crippen LogP contribution < -0.4 is 15.0 Å². The van der Waals surface area contributed by atoms with Gasteiger partial charge in [0.2, 0.25) is 0 Å². The van der Waals surface area contributed by atoms with Crippen molar-refractivity contribution in [1.82, 2.24) is 0 Å². The number of methoxy groups -OCH3 is 1. The van der Waals surface area contributed by atoms with E-state index in [9.17, 15) is 0 Å². The molecule has 0 bridgehead atoms. The summed E-state index contributed by atoms with van der Waals surface area (Å²) in [6.45, 7) is 8.33. The quantitative estimate of drug-likeness (QED) is 0.720. The number of ether oxygens (including phenoxy) is 1. The lowest BCUT2D eigenvalue weighted by Crippen LogP contribution is -3.15. The van der Waals surface area contributed by atoms with Gasteiger partial charge in [-0.25, -0.2) is 0 Å². The normalized spacial score (nSPS) is 28.1. The molecule has 1 saturated heterocycles. The fourth-order valence-corrected chi connectivity index (χ4v) is 4.86. The number of likely N-dealkylation sites (tertiary alicyclic amines) is 1. The third-order valence-electron chi connectivity index (χ3n) is 6.77. The van der Waals surface area contributed by atoms with Crippen molar-refractivity contribution < 1.29 is 15.0 Å². The minimum atomic E-state index is 0.302. The maximum atomic E-state index is 5.25. The Morgan fingerprint density at radius 1 is 1.07 bits per heavy atom. The highest BCUT2D eigenvalue weighted by atomic mass is 16.5. The highest BCUT2D eigenvalue weighted by molar-refractivity contribution is 5.28. The molecule has 3 rings (SSSR count). The van der Waals surface area contributed by atoms with Crippen LogP contribution in [-0.2, 0) is 12.0 Å². The van der Waals surface area contributed by atoms with Crippen LogP contribution >= 0.6 is 0 Å². The minimum absolute atomic E-state index is 0.302.